The Balaban J connectivity index is 1.48. The third kappa shape index (κ3) is 6.36. The number of ether oxygens (including phenoxy) is 2. The molecule has 0 aliphatic heterocycles. The van der Waals surface area contributed by atoms with Crippen LogP contribution in [0.4, 0.5) is 0 Å². The van der Waals surface area contributed by atoms with Gasteiger partial charge in [-0.05, 0) is 59.7 Å². The van der Waals surface area contributed by atoms with Crippen LogP contribution in [-0.4, -0.2) is 18.7 Å². The van der Waals surface area contributed by atoms with Gasteiger partial charge in [-0.2, -0.15) is 5.10 Å². The minimum absolute atomic E-state index is 0.292. The van der Waals surface area contributed by atoms with Crippen LogP contribution in [0.25, 0.3) is 0 Å². The monoisotopic (exact) mass is 386 g/mol. The van der Waals surface area contributed by atoms with Crippen LogP contribution in [-0.2, 0) is 6.61 Å². The van der Waals surface area contributed by atoms with Gasteiger partial charge in [-0.1, -0.05) is 43.0 Å². The Labute approximate surface area is 170 Å². The molecule has 3 aromatic rings. The van der Waals surface area contributed by atoms with E-state index < -0.39 is 0 Å². The van der Waals surface area contributed by atoms with E-state index in [9.17, 15) is 4.79 Å². The first-order valence-corrected chi connectivity index (χ1v) is 9.18. The molecule has 0 aliphatic rings. The molecule has 0 heterocycles. The van der Waals surface area contributed by atoms with E-state index in [0.29, 0.717) is 24.5 Å². The number of rotatable bonds is 9. The quantitative estimate of drug-likeness (QED) is 0.332. The van der Waals surface area contributed by atoms with E-state index in [2.05, 4.69) is 17.1 Å². The molecule has 3 aromatic carbocycles. The first kappa shape index (κ1) is 19.9. The van der Waals surface area contributed by atoms with E-state index in [4.69, 9.17) is 9.47 Å². The molecule has 0 spiro atoms. The van der Waals surface area contributed by atoms with Crippen molar-refractivity contribution in [3.05, 3.63) is 108 Å². The number of hydrogen-bond acceptors (Lipinski definition) is 4. The van der Waals surface area contributed by atoms with Gasteiger partial charge < -0.3 is 9.47 Å². The highest BCUT2D eigenvalue weighted by Gasteiger charge is 2.04. The zero-order chi connectivity index (χ0) is 20.3. The predicted octanol–water partition coefficient (Wildman–Crippen LogP) is 4.59. The van der Waals surface area contributed by atoms with Gasteiger partial charge in [0.25, 0.3) is 5.91 Å². The average molecular weight is 386 g/mol. The van der Waals surface area contributed by atoms with Crippen LogP contribution in [0, 0.1) is 0 Å². The lowest BCUT2D eigenvalue weighted by Crippen LogP contribution is -2.17. The Morgan fingerprint density at radius 2 is 1.55 bits per heavy atom. The summed E-state index contributed by atoms with van der Waals surface area (Å²) in [7, 11) is 0. The van der Waals surface area contributed by atoms with E-state index in [0.717, 1.165) is 16.9 Å². The average Bonchev–Trinajstić information content (AvgIpc) is 2.78. The lowest BCUT2D eigenvalue weighted by molar-refractivity contribution is 0.0955. The first-order valence-electron chi connectivity index (χ1n) is 9.18. The summed E-state index contributed by atoms with van der Waals surface area (Å²) >= 11 is 0. The summed E-state index contributed by atoms with van der Waals surface area (Å²) in [6.07, 6.45) is 3.25. The molecule has 0 bridgehead atoms. The van der Waals surface area contributed by atoms with E-state index in [1.54, 1.807) is 36.6 Å². The van der Waals surface area contributed by atoms with Gasteiger partial charge >= 0.3 is 0 Å². The molecular formula is C24H22N2O3. The van der Waals surface area contributed by atoms with Gasteiger partial charge in [0.2, 0.25) is 0 Å². The summed E-state index contributed by atoms with van der Waals surface area (Å²) in [6, 6.07) is 24.3. The van der Waals surface area contributed by atoms with Crippen molar-refractivity contribution in [1.29, 1.82) is 0 Å². The molecule has 0 aromatic heterocycles. The van der Waals surface area contributed by atoms with E-state index in [-0.39, 0.29) is 5.91 Å². The number of carbonyl (C=O) groups is 1. The van der Waals surface area contributed by atoms with Crippen molar-refractivity contribution >= 4 is 12.1 Å². The van der Waals surface area contributed by atoms with E-state index >= 15 is 0 Å². The molecule has 0 aliphatic carbocycles. The number of carbonyl (C=O) groups excluding carboxylic acids is 1. The molecule has 0 saturated heterocycles. The van der Waals surface area contributed by atoms with Crippen molar-refractivity contribution in [3.8, 4) is 11.5 Å². The van der Waals surface area contributed by atoms with Gasteiger partial charge in [0.05, 0.1) is 6.21 Å². The van der Waals surface area contributed by atoms with E-state index in [1.165, 1.54) is 0 Å². The van der Waals surface area contributed by atoms with Crippen LogP contribution in [0.5, 0.6) is 11.5 Å². The molecule has 1 N–H and O–H groups in total. The Hall–Kier alpha value is -3.86. The summed E-state index contributed by atoms with van der Waals surface area (Å²) in [5.41, 5.74) is 4.98. The predicted molar refractivity (Wildman–Crippen MR) is 114 cm³/mol. The van der Waals surface area contributed by atoms with Crippen LogP contribution >= 0.6 is 0 Å². The largest absolute Gasteiger partial charge is 0.490 e. The summed E-state index contributed by atoms with van der Waals surface area (Å²) in [6.45, 7) is 4.53. The van der Waals surface area contributed by atoms with Gasteiger partial charge in [0.1, 0.15) is 24.7 Å². The fraction of sp³-hybridized carbons (Fsp3) is 0.0833. The van der Waals surface area contributed by atoms with Crippen molar-refractivity contribution in [2.45, 2.75) is 6.61 Å². The maximum absolute atomic E-state index is 12.1. The molecule has 3 rings (SSSR count). The van der Waals surface area contributed by atoms with Gasteiger partial charge in [-0.3, -0.25) is 4.79 Å². The van der Waals surface area contributed by atoms with Crippen molar-refractivity contribution in [1.82, 2.24) is 5.43 Å². The van der Waals surface area contributed by atoms with Crippen LogP contribution in [0.3, 0.4) is 0 Å². The molecule has 0 radical (unpaired) electrons. The number of nitrogens with zero attached hydrogens (tertiary/aromatic N) is 1. The minimum atomic E-state index is -0.292. The number of hydrazone groups is 1. The lowest BCUT2D eigenvalue weighted by Gasteiger charge is -2.06. The SMILES string of the molecule is C=CCOc1ccc(C(=O)N/N=C/c2ccc(OCc3ccccc3)cc2)cc1. The first-order chi connectivity index (χ1) is 14.2. The van der Waals surface area contributed by atoms with Gasteiger partial charge in [-0.25, -0.2) is 5.43 Å². The fourth-order valence-corrected chi connectivity index (χ4v) is 2.48. The molecule has 5 nitrogen and oxygen atoms in total. The fourth-order valence-electron chi connectivity index (χ4n) is 2.48. The molecular weight excluding hydrogens is 364 g/mol. The highest BCUT2D eigenvalue weighted by Crippen LogP contribution is 2.14. The molecule has 5 heteroatoms. The molecule has 0 unspecified atom stereocenters. The Morgan fingerprint density at radius 3 is 2.24 bits per heavy atom. The van der Waals surface area contributed by atoms with Crippen LogP contribution in [0.1, 0.15) is 21.5 Å². The summed E-state index contributed by atoms with van der Waals surface area (Å²) in [5.74, 6) is 1.16. The Kier molecular flexibility index (Phi) is 7.18. The summed E-state index contributed by atoms with van der Waals surface area (Å²) < 4.78 is 11.1. The maximum atomic E-state index is 12.1. The number of nitrogens with one attached hydrogen (secondary N) is 1. The molecule has 0 atom stereocenters. The lowest BCUT2D eigenvalue weighted by atomic mass is 10.2. The second-order valence-electron chi connectivity index (χ2n) is 6.17. The Morgan fingerprint density at radius 1 is 0.897 bits per heavy atom. The van der Waals surface area contributed by atoms with Crippen molar-refractivity contribution < 1.29 is 14.3 Å². The standard InChI is InChI=1S/C24H22N2O3/c1-2-16-28-22-14-10-21(11-15-22)24(27)26-25-17-19-8-12-23(13-9-19)29-18-20-6-4-3-5-7-20/h2-15,17H,1,16,18H2,(H,26,27)/b25-17+. The normalized spacial score (nSPS) is 10.5. The van der Waals surface area contributed by atoms with Crippen molar-refractivity contribution in [3.63, 3.8) is 0 Å². The summed E-state index contributed by atoms with van der Waals surface area (Å²) in [4.78, 5) is 12.1. The molecule has 0 saturated carbocycles. The second-order valence-corrected chi connectivity index (χ2v) is 6.17. The van der Waals surface area contributed by atoms with Crippen molar-refractivity contribution in [2.24, 2.45) is 5.10 Å². The molecule has 146 valence electrons. The van der Waals surface area contributed by atoms with Gasteiger partial charge in [0, 0.05) is 5.56 Å². The zero-order valence-corrected chi connectivity index (χ0v) is 16.0. The smallest absolute Gasteiger partial charge is 0.271 e. The van der Waals surface area contributed by atoms with Gasteiger partial charge in [0.15, 0.2) is 0 Å². The Bertz CT molecular complexity index is 950. The van der Waals surface area contributed by atoms with Crippen molar-refractivity contribution in [2.75, 3.05) is 6.61 Å². The van der Waals surface area contributed by atoms with E-state index in [1.807, 2.05) is 54.6 Å². The minimum Gasteiger partial charge on any atom is -0.490 e. The number of amides is 1. The zero-order valence-electron chi connectivity index (χ0n) is 16.0. The van der Waals surface area contributed by atoms with Crippen LogP contribution in [0.15, 0.2) is 96.6 Å². The number of hydrogen-bond donors (Lipinski definition) is 1. The van der Waals surface area contributed by atoms with Crippen LogP contribution in [0.2, 0.25) is 0 Å². The third-order valence-corrected chi connectivity index (χ3v) is 3.99. The van der Waals surface area contributed by atoms with Gasteiger partial charge in [-0.15, -0.1) is 0 Å². The maximum Gasteiger partial charge on any atom is 0.271 e. The second kappa shape index (κ2) is 10.5. The highest BCUT2D eigenvalue weighted by atomic mass is 16.5. The topological polar surface area (TPSA) is 59.9 Å². The molecule has 29 heavy (non-hydrogen) atoms. The third-order valence-electron chi connectivity index (χ3n) is 3.99. The number of benzene rings is 3. The van der Waals surface area contributed by atoms with Crippen LogP contribution < -0.4 is 14.9 Å². The molecule has 1 amide bonds. The highest BCUT2D eigenvalue weighted by molar-refractivity contribution is 5.95. The molecule has 0 fully saturated rings. The summed E-state index contributed by atoms with van der Waals surface area (Å²) in [5, 5.41) is 4.00.